The van der Waals surface area contributed by atoms with Crippen molar-refractivity contribution in [2.45, 2.75) is 13.0 Å². The van der Waals surface area contributed by atoms with Crippen LogP contribution in [0.25, 0.3) is 0 Å². The molecule has 0 radical (unpaired) electrons. The van der Waals surface area contributed by atoms with Gasteiger partial charge in [0.05, 0.1) is 12.7 Å². The summed E-state index contributed by atoms with van der Waals surface area (Å²) in [6.07, 6.45) is -0.474. The van der Waals surface area contributed by atoms with Gasteiger partial charge in [-0.25, -0.2) is 4.39 Å². The number of methoxy groups -OCH3 is 1. The quantitative estimate of drug-likeness (QED) is 0.856. The third-order valence-electron chi connectivity index (χ3n) is 2.81. The standard InChI is InChI=1S/C15H16FNO2/c1-10(19-12-6-3-5-11(17)9-12)15-13(16)7-4-8-14(15)18-2/h3-10H,17H2,1-2H3. The van der Waals surface area contributed by atoms with E-state index in [1.54, 1.807) is 43.3 Å². The summed E-state index contributed by atoms with van der Waals surface area (Å²) in [6.45, 7) is 1.77. The molecule has 0 aliphatic rings. The van der Waals surface area contributed by atoms with Gasteiger partial charge in [0, 0.05) is 11.8 Å². The lowest BCUT2D eigenvalue weighted by atomic mass is 10.1. The lowest BCUT2D eigenvalue weighted by molar-refractivity contribution is 0.215. The summed E-state index contributed by atoms with van der Waals surface area (Å²) in [5, 5.41) is 0. The number of benzene rings is 2. The first-order valence-corrected chi connectivity index (χ1v) is 5.96. The monoisotopic (exact) mass is 261 g/mol. The average Bonchev–Trinajstić information content (AvgIpc) is 2.38. The second-order valence-corrected chi connectivity index (χ2v) is 4.19. The Morgan fingerprint density at radius 1 is 1.16 bits per heavy atom. The minimum atomic E-state index is -0.474. The first kappa shape index (κ1) is 13.2. The van der Waals surface area contributed by atoms with E-state index in [4.69, 9.17) is 15.2 Å². The molecule has 0 heterocycles. The molecule has 1 unspecified atom stereocenters. The summed E-state index contributed by atoms with van der Waals surface area (Å²) in [4.78, 5) is 0. The fourth-order valence-electron chi connectivity index (χ4n) is 1.94. The number of rotatable bonds is 4. The third-order valence-corrected chi connectivity index (χ3v) is 2.81. The largest absolute Gasteiger partial charge is 0.496 e. The van der Waals surface area contributed by atoms with Gasteiger partial charge in [0.15, 0.2) is 0 Å². The van der Waals surface area contributed by atoms with E-state index < -0.39 is 6.10 Å². The highest BCUT2D eigenvalue weighted by molar-refractivity contribution is 5.44. The minimum Gasteiger partial charge on any atom is -0.496 e. The van der Waals surface area contributed by atoms with Gasteiger partial charge < -0.3 is 15.2 Å². The molecular formula is C15H16FNO2. The van der Waals surface area contributed by atoms with Crippen molar-refractivity contribution >= 4 is 5.69 Å². The van der Waals surface area contributed by atoms with Gasteiger partial charge in [-0.3, -0.25) is 0 Å². The van der Waals surface area contributed by atoms with Crippen molar-refractivity contribution < 1.29 is 13.9 Å². The van der Waals surface area contributed by atoms with Crippen LogP contribution in [0.4, 0.5) is 10.1 Å². The second-order valence-electron chi connectivity index (χ2n) is 4.19. The van der Waals surface area contributed by atoms with E-state index in [1.165, 1.54) is 13.2 Å². The number of hydrogen-bond donors (Lipinski definition) is 1. The SMILES string of the molecule is COc1cccc(F)c1C(C)Oc1cccc(N)c1. The van der Waals surface area contributed by atoms with E-state index in [0.717, 1.165) is 0 Å². The van der Waals surface area contributed by atoms with Gasteiger partial charge in [-0.15, -0.1) is 0 Å². The Morgan fingerprint density at radius 3 is 2.58 bits per heavy atom. The van der Waals surface area contributed by atoms with Crippen LogP contribution in [0.3, 0.4) is 0 Å². The highest BCUT2D eigenvalue weighted by Crippen LogP contribution is 2.31. The molecule has 0 bridgehead atoms. The fourth-order valence-corrected chi connectivity index (χ4v) is 1.94. The van der Waals surface area contributed by atoms with Crippen LogP contribution in [0.5, 0.6) is 11.5 Å². The lowest BCUT2D eigenvalue weighted by Gasteiger charge is -2.18. The van der Waals surface area contributed by atoms with Crippen LogP contribution in [-0.2, 0) is 0 Å². The zero-order valence-corrected chi connectivity index (χ0v) is 10.9. The molecule has 0 aliphatic carbocycles. The first-order valence-electron chi connectivity index (χ1n) is 5.96. The summed E-state index contributed by atoms with van der Waals surface area (Å²) in [7, 11) is 1.51. The summed E-state index contributed by atoms with van der Waals surface area (Å²) in [6, 6.07) is 11.7. The molecule has 19 heavy (non-hydrogen) atoms. The average molecular weight is 261 g/mol. The molecular weight excluding hydrogens is 245 g/mol. The summed E-state index contributed by atoms with van der Waals surface area (Å²) >= 11 is 0. The van der Waals surface area contributed by atoms with Crippen molar-refractivity contribution in [3.8, 4) is 11.5 Å². The third kappa shape index (κ3) is 2.96. The van der Waals surface area contributed by atoms with Crippen molar-refractivity contribution in [3.05, 3.63) is 53.8 Å². The number of nitrogens with two attached hydrogens (primary N) is 1. The van der Waals surface area contributed by atoms with Gasteiger partial charge in [0.25, 0.3) is 0 Å². The van der Waals surface area contributed by atoms with Crippen LogP contribution in [-0.4, -0.2) is 7.11 Å². The van der Waals surface area contributed by atoms with Crippen molar-refractivity contribution in [1.29, 1.82) is 0 Å². The van der Waals surface area contributed by atoms with Crippen LogP contribution in [0.2, 0.25) is 0 Å². The van der Waals surface area contributed by atoms with Gasteiger partial charge in [-0.05, 0) is 31.2 Å². The first-order chi connectivity index (χ1) is 9.11. The van der Waals surface area contributed by atoms with Crippen LogP contribution < -0.4 is 15.2 Å². The van der Waals surface area contributed by atoms with Crippen molar-refractivity contribution in [2.24, 2.45) is 0 Å². The summed E-state index contributed by atoms with van der Waals surface area (Å²) < 4.78 is 24.8. The number of nitrogen functional groups attached to an aromatic ring is 1. The molecule has 0 spiro atoms. The Hall–Kier alpha value is -2.23. The minimum absolute atomic E-state index is 0.351. The van der Waals surface area contributed by atoms with E-state index in [9.17, 15) is 4.39 Å². The predicted octanol–water partition coefficient (Wildman–Crippen LogP) is 3.56. The maximum Gasteiger partial charge on any atom is 0.133 e. The Bertz CT molecular complexity index is 572. The van der Waals surface area contributed by atoms with Crippen molar-refractivity contribution in [3.63, 3.8) is 0 Å². The molecule has 4 heteroatoms. The molecule has 0 fully saturated rings. The smallest absolute Gasteiger partial charge is 0.133 e. The highest BCUT2D eigenvalue weighted by Gasteiger charge is 2.17. The van der Waals surface area contributed by atoms with Gasteiger partial charge in [-0.1, -0.05) is 12.1 Å². The van der Waals surface area contributed by atoms with Crippen LogP contribution in [0.1, 0.15) is 18.6 Å². The van der Waals surface area contributed by atoms with Gasteiger partial charge in [-0.2, -0.15) is 0 Å². The number of anilines is 1. The van der Waals surface area contributed by atoms with Gasteiger partial charge in [0.2, 0.25) is 0 Å². The Balaban J connectivity index is 2.27. The molecule has 0 aliphatic heterocycles. The van der Waals surface area contributed by atoms with Crippen LogP contribution in [0, 0.1) is 5.82 Å². The molecule has 100 valence electrons. The summed E-state index contributed by atoms with van der Waals surface area (Å²) in [5.41, 5.74) is 6.68. The predicted molar refractivity (Wildman–Crippen MR) is 72.8 cm³/mol. The van der Waals surface area contributed by atoms with Crippen molar-refractivity contribution in [1.82, 2.24) is 0 Å². The van der Waals surface area contributed by atoms with E-state index in [2.05, 4.69) is 0 Å². The molecule has 3 nitrogen and oxygen atoms in total. The maximum absolute atomic E-state index is 13.9. The second kappa shape index (κ2) is 5.61. The van der Waals surface area contributed by atoms with E-state index in [-0.39, 0.29) is 5.82 Å². The number of halogens is 1. The fraction of sp³-hybridized carbons (Fsp3) is 0.200. The molecule has 2 N–H and O–H groups in total. The lowest BCUT2D eigenvalue weighted by Crippen LogP contribution is -2.07. The van der Waals surface area contributed by atoms with Gasteiger partial charge in [0.1, 0.15) is 23.4 Å². The van der Waals surface area contributed by atoms with Gasteiger partial charge >= 0.3 is 0 Å². The molecule has 1 atom stereocenters. The molecule has 2 rings (SSSR count). The number of ether oxygens (including phenoxy) is 2. The zero-order valence-electron chi connectivity index (χ0n) is 10.9. The van der Waals surface area contributed by atoms with E-state index >= 15 is 0 Å². The molecule has 0 aromatic heterocycles. The topological polar surface area (TPSA) is 44.5 Å². The number of hydrogen-bond acceptors (Lipinski definition) is 3. The summed E-state index contributed by atoms with van der Waals surface area (Å²) in [5.74, 6) is 0.713. The van der Waals surface area contributed by atoms with E-state index in [0.29, 0.717) is 22.7 Å². The molecule has 0 saturated carbocycles. The normalized spacial score (nSPS) is 11.9. The van der Waals surface area contributed by atoms with Crippen LogP contribution in [0.15, 0.2) is 42.5 Å². The van der Waals surface area contributed by atoms with E-state index in [1.807, 2.05) is 0 Å². The zero-order chi connectivity index (χ0) is 13.8. The molecule has 2 aromatic carbocycles. The maximum atomic E-state index is 13.9. The Labute approximate surface area is 111 Å². The molecule has 2 aromatic rings. The Morgan fingerprint density at radius 2 is 1.89 bits per heavy atom. The van der Waals surface area contributed by atoms with Crippen molar-refractivity contribution in [2.75, 3.05) is 12.8 Å². The Kier molecular flexibility index (Phi) is 3.90. The van der Waals surface area contributed by atoms with Crippen LogP contribution >= 0.6 is 0 Å². The highest BCUT2D eigenvalue weighted by atomic mass is 19.1. The molecule has 0 saturated heterocycles. The molecule has 0 amide bonds.